The molecule has 0 aliphatic heterocycles. The fourth-order valence-corrected chi connectivity index (χ4v) is 5.56. The van der Waals surface area contributed by atoms with Crippen molar-refractivity contribution < 1.29 is 14.6 Å². The van der Waals surface area contributed by atoms with Crippen molar-refractivity contribution in [1.29, 1.82) is 0 Å². The molecule has 5 heteroatoms. The largest absolute Gasteiger partial charge is 0.394 e. The van der Waals surface area contributed by atoms with Gasteiger partial charge in [0.15, 0.2) is 0 Å². The van der Waals surface area contributed by atoms with Gasteiger partial charge in [0.1, 0.15) is 0 Å². The molecule has 0 saturated heterocycles. The van der Waals surface area contributed by atoms with Crippen molar-refractivity contribution in [2.75, 3.05) is 24.7 Å². The fourth-order valence-electron chi connectivity index (χ4n) is 4.86. The summed E-state index contributed by atoms with van der Waals surface area (Å²) in [6.07, 6.45) is 8.60. The maximum Gasteiger partial charge on any atom is 0.230 e. The van der Waals surface area contributed by atoms with E-state index >= 15 is 0 Å². The average Bonchev–Trinajstić information content (AvgIpc) is 3.12. The molecule has 0 spiro atoms. The molecule has 3 rings (SSSR count). The maximum absolute atomic E-state index is 13.5. The van der Waals surface area contributed by atoms with E-state index in [9.17, 15) is 4.79 Å². The fraction of sp³-hybridized carbons (Fsp3) is 0.783. The molecule has 0 bridgehead atoms. The van der Waals surface area contributed by atoms with Gasteiger partial charge in [-0.15, -0.1) is 11.3 Å². The molecule has 1 N–H and O–H groups in total. The van der Waals surface area contributed by atoms with E-state index in [1.807, 2.05) is 0 Å². The number of ether oxygens (including phenoxy) is 1. The topological polar surface area (TPSA) is 49.8 Å². The van der Waals surface area contributed by atoms with Crippen LogP contribution in [0.25, 0.3) is 0 Å². The van der Waals surface area contributed by atoms with Crippen molar-refractivity contribution in [2.24, 2.45) is 17.8 Å². The van der Waals surface area contributed by atoms with Crippen LogP contribution in [0.4, 0.5) is 5.69 Å². The Morgan fingerprint density at radius 2 is 1.93 bits per heavy atom. The molecular formula is C23H37NO3S. The molecule has 0 unspecified atom stereocenters. The highest BCUT2D eigenvalue weighted by Crippen LogP contribution is 2.38. The smallest absolute Gasteiger partial charge is 0.230 e. The van der Waals surface area contributed by atoms with Crippen LogP contribution in [0.15, 0.2) is 11.4 Å². The zero-order valence-corrected chi connectivity index (χ0v) is 18.6. The van der Waals surface area contributed by atoms with Crippen LogP contribution in [0.3, 0.4) is 0 Å². The minimum absolute atomic E-state index is 0.0821. The minimum Gasteiger partial charge on any atom is -0.394 e. The van der Waals surface area contributed by atoms with Crippen molar-refractivity contribution in [1.82, 2.24) is 0 Å². The number of aryl methyl sites for hydroxylation is 1. The minimum atomic E-state index is -0.119. The molecule has 1 amide bonds. The highest BCUT2D eigenvalue weighted by atomic mass is 32.1. The molecule has 28 heavy (non-hydrogen) atoms. The summed E-state index contributed by atoms with van der Waals surface area (Å²) in [6.45, 7) is 7.93. The number of carbonyl (C=O) groups is 1. The monoisotopic (exact) mass is 407 g/mol. The lowest BCUT2D eigenvalue weighted by molar-refractivity contribution is -0.123. The van der Waals surface area contributed by atoms with Gasteiger partial charge in [-0.1, -0.05) is 6.92 Å². The van der Waals surface area contributed by atoms with Gasteiger partial charge in [0, 0.05) is 17.3 Å². The van der Waals surface area contributed by atoms with Crippen LogP contribution in [-0.4, -0.2) is 36.4 Å². The van der Waals surface area contributed by atoms with E-state index in [0.29, 0.717) is 18.4 Å². The third-order valence-corrected chi connectivity index (χ3v) is 7.73. The van der Waals surface area contributed by atoms with Crippen molar-refractivity contribution in [3.05, 3.63) is 16.3 Å². The molecule has 0 radical (unpaired) electrons. The van der Waals surface area contributed by atoms with Crippen LogP contribution in [0.5, 0.6) is 0 Å². The summed E-state index contributed by atoms with van der Waals surface area (Å²) in [4.78, 5) is 16.8. The number of nitrogens with zero attached hydrogens (tertiary/aromatic N) is 1. The first-order valence-corrected chi connectivity index (χ1v) is 11.9. The van der Waals surface area contributed by atoms with E-state index in [1.165, 1.54) is 17.7 Å². The number of aliphatic hydroxyl groups excluding tert-OH is 1. The summed E-state index contributed by atoms with van der Waals surface area (Å²) in [5.41, 5.74) is 1.00. The first-order chi connectivity index (χ1) is 13.4. The maximum atomic E-state index is 13.5. The Labute approximate surface area is 174 Å². The molecule has 1 aromatic heterocycles. The summed E-state index contributed by atoms with van der Waals surface area (Å²) >= 11 is 1.73. The lowest BCUT2D eigenvalue weighted by Crippen LogP contribution is -2.43. The zero-order chi connectivity index (χ0) is 20.1. The number of hydrogen-bond donors (Lipinski definition) is 1. The third kappa shape index (κ3) is 5.37. The molecule has 2 aliphatic rings. The number of rotatable bonds is 7. The van der Waals surface area contributed by atoms with Gasteiger partial charge in [0.05, 0.1) is 24.5 Å². The summed E-state index contributed by atoms with van der Waals surface area (Å²) in [5.74, 6) is 1.82. The van der Waals surface area contributed by atoms with Crippen LogP contribution in [0.2, 0.25) is 0 Å². The van der Waals surface area contributed by atoms with Gasteiger partial charge in [-0.05, 0) is 88.5 Å². The summed E-state index contributed by atoms with van der Waals surface area (Å²) in [7, 11) is 0. The van der Waals surface area contributed by atoms with E-state index in [2.05, 4.69) is 37.1 Å². The quantitative estimate of drug-likeness (QED) is 0.678. The second-order valence-electron chi connectivity index (χ2n) is 9.23. The Kier molecular flexibility index (Phi) is 7.57. The van der Waals surface area contributed by atoms with Crippen LogP contribution in [0, 0.1) is 24.7 Å². The number of hydrogen-bond acceptors (Lipinski definition) is 4. The van der Waals surface area contributed by atoms with Gasteiger partial charge < -0.3 is 14.7 Å². The molecule has 4 nitrogen and oxygen atoms in total. The average molecular weight is 408 g/mol. The molecule has 2 fully saturated rings. The molecular weight excluding hydrogens is 370 g/mol. The van der Waals surface area contributed by atoms with Crippen LogP contribution in [-0.2, 0) is 9.53 Å². The Morgan fingerprint density at radius 1 is 1.25 bits per heavy atom. The highest BCUT2D eigenvalue weighted by Gasteiger charge is 2.35. The molecule has 1 heterocycles. The van der Waals surface area contributed by atoms with Gasteiger partial charge in [0.25, 0.3) is 0 Å². The van der Waals surface area contributed by atoms with E-state index in [0.717, 1.165) is 56.7 Å². The Morgan fingerprint density at radius 3 is 2.50 bits per heavy atom. The third-order valence-electron chi connectivity index (χ3n) is 6.90. The Bertz CT molecular complexity index is 628. The predicted octanol–water partition coefficient (Wildman–Crippen LogP) is 5.17. The van der Waals surface area contributed by atoms with E-state index in [4.69, 9.17) is 9.84 Å². The molecule has 1 aromatic rings. The second kappa shape index (κ2) is 9.73. The van der Waals surface area contributed by atoms with Gasteiger partial charge in [-0.3, -0.25) is 4.79 Å². The highest BCUT2D eigenvalue weighted by molar-refractivity contribution is 7.10. The number of amides is 1. The second-order valence-corrected chi connectivity index (χ2v) is 10.4. The molecule has 0 aromatic carbocycles. The van der Waals surface area contributed by atoms with Gasteiger partial charge in [-0.25, -0.2) is 0 Å². The first-order valence-electron chi connectivity index (χ1n) is 11.0. The molecule has 2 aliphatic carbocycles. The molecule has 158 valence electrons. The van der Waals surface area contributed by atoms with Gasteiger partial charge in [0.2, 0.25) is 5.91 Å². The standard InChI is InChI=1S/C23H37NO3S/c1-17-4-6-20(7-5-17)22(26)24(21-10-15-28-18(21)2)16-19-8-11-23(3,12-9-19)27-14-13-25/h10,15,17,19-20,25H,4-9,11-14,16H2,1-3H3. The molecule has 2 saturated carbocycles. The van der Waals surface area contributed by atoms with Gasteiger partial charge >= 0.3 is 0 Å². The first kappa shape index (κ1) is 21.8. The van der Waals surface area contributed by atoms with Gasteiger partial charge in [-0.2, -0.15) is 0 Å². The van der Waals surface area contributed by atoms with Crippen molar-refractivity contribution in [2.45, 2.75) is 77.7 Å². The lowest BCUT2D eigenvalue weighted by Gasteiger charge is -2.39. The lowest BCUT2D eigenvalue weighted by atomic mass is 9.79. The predicted molar refractivity (Wildman–Crippen MR) is 116 cm³/mol. The zero-order valence-electron chi connectivity index (χ0n) is 17.8. The number of aliphatic hydroxyl groups is 1. The van der Waals surface area contributed by atoms with Crippen molar-refractivity contribution in [3.8, 4) is 0 Å². The van der Waals surface area contributed by atoms with Crippen LogP contribution < -0.4 is 4.90 Å². The number of carbonyl (C=O) groups excluding carboxylic acids is 1. The summed E-state index contributed by atoms with van der Waals surface area (Å²) in [6, 6.07) is 2.13. The van der Waals surface area contributed by atoms with Crippen molar-refractivity contribution >= 4 is 22.9 Å². The van der Waals surface area contributed by atoms with E-state index in [1.54, 1.807) is 11.3 Å². The van der Waals surface area contributed by atoms with Crippen LogP contribution >= 0.6 is 11.3 Å². The van der Waals surface area contributed by atoms with E-state index < -0.39 is 0 Å². The Balaban J connectivity index is 1.66. The Hall–Kier alpha value is -0.910. The molecule has 0 atom stereocenters. The summed E-state index contributed by atoms with van der Waals surface area (Å²) in [5, 5.41) is 11.2. The number of thiophene rings is 1. The van der Waals surface area contributed by atoms with Crippen LogP contribution in [0.1, 0.15) is 70.1 Å². The number of anilines is 1. The SMILES string of the molecule is Cc1sccc1N(CC1CCC(C)(OCCO)CC1)C(=O)C1CCC(C)CC1. The summed E-state index contributed by atoms with van der Waals surface area (Å²) < 4.78 is 5.89. The van der Waals surface area contributed by atoms with Crippen molar-refractivity contribution in [3.63, 3.8) is 0 Å². The normalized spacial score (nSPS) is 30.9. The van der Waals surface area contributed by atoms with E-state index in [-0.39, 0.29) is 18.1 Å².